The summed E-state index contributed by atoms with van der Waals surface area (Å²) >= 11 is 0. The van der Waals surface area contributed by atoms with E-state index in [-0.39, 0.29) is 5.56 Å². The number of hydrogen-bond donors (Lipinski definition) is 1. The molecule has 1 N–H and O–H groups in total. The standard InChI is InChI=1S/C24H22N4O2/c1-17-21(24(29)28(26-17)20-8-3-2-4-9-20)16-19-15-18-7-5-6-10-22(18)25-23(19)27-11-13-30-14-12-27/h2-10,15-16H,11-14H2,1H3/p+1. The number of ether oxygens (including phenoxy) is 1. The van der Waals surface area contributed by atoms with Crippen LogP contribution in [0.25, 0.3) is 17.8 Å². The van der Waals surface area contributed by atoms with Crippen molar-refractivity contribution in [1.82, 2.24) is 9.78 Å². The maximum absolute atomic E-state index is 13.2. The summed E-state index contributed by atoms with van der Waals surface area (Å²) in [6, 6.07) is 17.7. The molecule has 150 valence electrons. The summed E-state index contributed by atoms with van der Waals surface area (Å²) in [6.45, 7) is 4.85. The molecular formula is C24H23N4O2+. The third-order valence-electron chi connectivity index (χ3n) is 5.47. The molecule has 1 saturated heterocycles. The van der Waals surface area contributed by atoms with Crippen molar-refractivity contribution in [2.75, 3.05) is 26.3 Å². The molecule has 2 aromatic carbocycles. The number of benzene rings is 2. The summed E-state index contributed by atoms with van der Waals surface area (Å²) in [5.74, 6) is 0.892. The highest BCUT2D eigenvalue weighted by molar-refractivity contribution is 6.08. The average Bonchev–Trinajstić information content (AvgIpc) is 3.08. The molecule has 1 fully saturated rings. The van der Waals surface area contributed by atoms with Crippen molar-refractivity contribution < 1.29 is 9.31 Å². The lowest BCUT2D eigenvalue weighted by Gasteiger charge is -2.16. The van der Waals surface area contributed by atoms with Gasteiger partial charge in [0, 0.05) is 10.9 Å². The lowest BCUT2D eigenvalue weighted by molar-refractivity contribution is -0.549. The smallest absolute Gasteiger partial charge is 0.326 e. The van der Waals surface area contributed by atoms with Gasteiger partial charge in [-0.3, -0.25) is 14.5 Å². The molecule has 2 aliphatic heterocycles. The minimum absolute atomic E-state index is 0.0696. The molecular weight excluding hydrogens is 376 g/mol. The number of nitrogens with zero attached hydrogens (tertiary/aromatic N) is 3. The van der Waals surface area contributed by atoms with E-state index in [1.807, 2.05) is 61.5 Å². The van der Waals surface area contributed by atoms with Crippen LogP contribution in [0.1, 0.15) is 11.3 Å². The molecule has 2 aliphatic rings. The van der Waals surface area contributed by atoms with E-state index in [9.17, 15) is 4.79 Å². The molecule has 3 aromatic rings. The Bertz CT molecular complexity index is 1340. The largest absolute Gasteiger partial charge is 0.373 e. The maximum atomic E-state index is 13.2. The molecule has 0 aliphatic carbocycles. The zero-order valence-electron chi connectivity index (χ0n) is 16.8. The minimum Gasteiger partial charge on any atom is -0.373 e. The first-order chi connectivity index (χ1) is 14.7. The maximum Gasteiger partial charge on any atom is 0.326 e. The Hall–Kier alpha value is -3.51. The molecule has 0 spiro atoms. The molecule has 5 rings (SSSR count). The van der Waals surface area contributed by atoms with Crippen LogP contribution < -0.4 is 16.1 Å². The fourth-order valence-electron chi connectivity index (χ4n) is 3.90. The first kappa shape index (κ1) is 18.5. The van der Waals surface area contributed by atoms with E-state index in [1.54, 1.807) is 4.68 Å². The van der Waals surface area contributed by atoms with Crippen LogP contribution in [0.2, 0.25) is 0 Å². The minimum atomic E-state index is -0.0696. The van der Waals surface area contributed by atoms with Crippen LogP contribution in [0.5, 0.6) is 0 Å². The van der Waals surface area contributed by atoms with Gasteiger partial charge in [-0.2, -0.15) is 0 Å². The van der Waals surface area contributed by atoms with Crippen LogP contribution in [0.4, 0.5) is 0 Å². The van der Waals surface area contributed by atoms with Gasteiger partial charge in [-0.25, -0.2) is 4.68 Å². The van der Waals surface area contributed by atoms with Gasteiger partial charge in [-0.05, 0) is 42.3 Å². The second kappa shape index (κ2) is 7.72. The molecule has 0 radical (unpaired) electrons. The number of hydrogen-bond acceptors (Lipinski definition) is 2. The van der Waals surface area contributed by atoms with Crippen molar-refractivity contribution in [2.45, 2.75) is 6.92 Å². The first-order valence-corrected chi connectivity index (χ1v) is 10.1. The number of para-hydroxylation sites is 2. The highest BCUT2D eigenvalue weighted by Gasteiger charge is 2.24. The Labute approximate surface area is 173 Å². The second-order valence-corrected chi connectivity index (χ2v) is 7.46. The number of aromatic amines is 1. The predicted molar refractivity (Wildman–Crippen MR) is 117 cm³/mol. The van der Waals surface area contributed by atoms with Gasteiger partial charge in [0.15, 0.2) is 5.36 Å². The van der Waals surface area contributed by atoms with Gasteiger partial charge >= 0.3 is 5.84 Å². The number of nitrogens with one attached hydrogen (secondary N) is 1. The molecule has 0 atom stereocenters. The summed E-state index contributed by atoms with van der Waals surface area (Å²) in [5, 5.41) is 5.21. The number of aromatic nitrogens is 2. The topological polar surface area (TPSA) is 62.4 Å². The number of morpholine rings is 1. The highest BCUT2D eigenvalue weighted by Crippen LogP contribution is 2.14. The third kappa shape index (κ3) is 3.35. The van der Waals surface area contributed by atoms with Crippen molar-refractivity contribution in [1.29, 1.82) is 0 Å². The molecule has 6 heteroatoms. The Morgan fingerprint density at radius 1 is 1.07 bits per heavy atom. The van der Waals surface area contributed by atoms with Gasteiger partial charge in [0.1, 0.15) is 13.1 Å². The lowest BCUT2D eigenvalue weighted by atomic mass is 10.1. The molecule has 6 nitrogen and oxygen atoms in total. The van der Waals surface area contributed by atoms with Crippen molar-refractivity contribution in [3.63, 3.8) is 0 Å². The van der Waals surface area contributed by atoms with Crippen LogP contribution in [-0.2, 0) is 4.74 Å². The fraction of sp³-hybridized carbons (Fsp3) is 0.208. The normalized spacial score (nSPS) is 17.4. The Morgan fingerprint density at radius 3 is 2.60 bits per heavy atom. The van der Waals surface area contributed by atoms with Crippen molar-refractivity contribution >= 4 is 18.0 Å². The molecule has 0 unspecified atom stereocenters. The van der Waals surface area contributed by atoms with Crippen molar-refractivity contribution in [3.05, 3.63) is 92.4 Å². The van der Waals surface area contributed by atoms with Crippen molar-refractivity contribution in [2.24, 2.45) is 4.99 Å². The van der Waals surface area contributed by atoms with Gasteiger partial charge in [0.25, 0.3) is 5.56 Å². The number of rotatable bonds is 2. The van der Waals surface area contributed by atoms with E-state index in [4.69, 9.17) is 9.73 Å². The number of amidine groups is 1. The van der Waals surface area contributed by atoms with E-state index < -0.39 is 0 Å². The zero-order valence-corrected chi connectivity index (χ0v) is 16.8. The molecule has 3 heterocycles. The fourth-order valence-corrected chi connectivity index (χ4v) is 3.90. The molecule has 1 aromatic heterocycles. The quantitative estimate of drug-likeness (QED) is 0.663. The Morgan fingerprint density at radius 2 is 1.80 bits per heavy atom. The highest BCUT2D eigenvalue weighted by atomic mass is 16.5. The Balaban J connectivity index is 1.69. The zero-order chi connectivity index (χ0) is 20.5. The van der Waals surface area contributed by atoms with E-state index in [1.165, 1.54) is 0 Å². The van der Waals surface area contributed by atoms with E-state index >= 15 is 0 Å². The summed E-state index contributed by atoms with van der Waals surface area (Å²) in [4.78, 5) is 18.1. The molecule has 0 amide bonds. The number of H-pyrrole nitrogens is 1. The van der Waals surface area contributed by atoms with Gasteiger partial charge in [0.05, 0.1) is 30.0 Å². The molecule has 0 bridgehead atoms. The van der Waals surface area contributed by atoms with Crippen LogP contribution in [-0.4, -0.2) is 46.5 Å². The third-order valence-corrected chi connectivity index (χ3v) is 5.47. The van der Waals surface area contributed by atoms with Gasteiger partial charge in [-0.15, -0.1) is 0 Å². The molecule has 30 heavy (non-hydrogen) atoms. The summed E-state index contributed by atoms with van der Waals surface area (Å²) in [7, 11) is 0. The Kier molecular flexibility index (Phi) is 4.77. The average molecular weight is 399 g/mol. The number of fused-ring (bicyclic) bond motifs is 1. The first-order valence-electron chi connectivity index (χ1n) is 10.1. The van der Waals surface area contributed by atoms with E-state index in [0.717, 1.165) is 46.5 Å². The number of aryl methyl sites for hydroxylation is 1. The lowest BCUT2D eigenvalue weighted by Crippen LogP contribution is -2.38. The summed E-state index contributed by atoms with van der Waals surface area (Å²) in [6.07, 6.45) is 4.07. The SMILES string of the molecule is Cc1[nH]n(-c2ccccc2)c(=O)c1/C=C1\C=c2ccccc2=NC1=[N+]1CCOCC1. The van der Waals surface area contributed by atoms with Gasteiger partial charge in [-0.1, -0.05) is 36.4 Å². The van der Waals surface area contributed by atoms with Gasteiger partial charge < -0.3 is 4.74 Å². The second-order valence-electron chi connectivity index (χ2n) is 7.46. The summed E-state index contributed by atoms with van der Waals surface area (Å²) < 4.78 is 9.34. The monoisotopic (exact) mass is 399 g/mol. The van der Waals surface area contributed by atoms with Crippen LogP contribution in [0.3, 0.4) is 0 Å². The van der Waals surface area contributed by atoms with Gasteiger partial charge in [0.2, 0.25) is 0 Å². The van der Waals surface area contributed by atoms with E-state index in [0.29, 0.717) is 18.8 Å². The van der Waals surface area contributed by atoms with Crippen LogP contribution in [0, 0.1) is 6.92 Å². The summed E-state index contributed by atoms with van der Waals surface area (Å²) in [5.41, 5.74) is 3.15. The molecule has 0 saturated carbocycles. The van der Waals surface area contributed by atoms with Crippen LogP contribution in [0.15, 0.2) is 70.0 Å². The predicted octanol–water partition coefficient (Wildman–Crippen LogP) is 1.41. The van der Waals surface area contributed by atoms with Crippen LogP contribution >= 0.6 is 0 Å². The van der Waals surface area contributed by atoms with E-state index in [2.05, 4.69) is 21.8 Å². The van der Waals surface area contributed by atoms with Crippen molar-refractivity contribution in [3.8, 4) is 5.69 Å².